The van der Waals surface area contributed by atoms with Crippen LogP contribution in [0.25, 0.3) is 0 Å². The Morgan fingerprint density at radius 2 is 1.88 bits per heavy atom. The number of hydrogen-bond acceptors (Lipinski definition) is 4. The van der Waals surface area contributed by atoms with E-state index in [2.05, 4.69) is 10.6 Å². The molecule has 0 aromatic heterocycles. The van der Waals surface area contributed by atoms with Gasteiger partial charge in [-0.05, 0) is 65.1 Å². The monoisotopic (exact) mass is 456 g/mol. The summed E-state index contributed by atoms with van der Waals surface area (Å²) in [5.74, 6) is -0.964. The van der Waals surface area contributed by atoms with Gasteiger partial charge in [-0.25, -0.2) is 4.79 Å². The number of aromatic carboxylic acids is 1. The van der Waals surface area contributed by atoms with Crippen LogP contribution in [-0.2, 0) is 4.79 Å². The first kappa shape index (κ1) is 18.1. The second-order valence-corrected chi connectivity index (χ2v) is 6.25. The number of thiocarbonyl (C=S) groups is 1. The van der Waals surface area contributed by atoms with Crippen molar-refractivity contribution < 1.29 is 19.4 Å². The van der Waals surface area contributed by atoms with Gasteiger partial charge in [0.2, 0.25) is 0 Å². The Hall–Kier alpha value is -2.20. The molecule has 0 aliphatic carbocycles. The Morgan fingerprint density at radius 3 is 2.54 bits per heavy atom. The Balaban J connectivity index is 1.91. The third kappa shape index (κ3) is 5.46. The molecule has 0 saturated heterocycles. The molecule has 0 radical (unpaired) electrons. The van der Waals surface area contributed by atoms with E-state index >= 15 is 0 Å². The Kier molecular flexibility index (Phi) is 6.50. The van der Waals surface area contributed by atoms with Crippen LogP contribution in [0.2, 0.25) is 0 Å². The number of carboxylic acid groups (broad SMARTS) is 1. The van der Waals surface area contributed by atoms with Gasteiger partial charge in [-0.15, -0.1) is 0 Å². The molecule has 124 valence electrons. The van der Waals surface area contributed by atoms with Crippen molar-refractivity contribution in [2.45, 2.75) is 0 Å². The molecule has 0 heterocycles. The number of ether oxygens (including phenoxy) is 1. The molecule has 2 aromatic rings. The summed E-state index contributed by atoms with van der Waals surface area (Å²) in [6.07, 6.45) is 0. The molecule has 8 heteroatoms. The zero-order valence-corrected chi connectivity index (χ0v) is 15.3. The van der Waals surface area contributed by atoms with E-state index in [1.165, 1.54) is 6.07 Å². The number of carbonyl (C=O) groups is 2. The molecule has 0 bridgehead atoms. The molecule has 3 N–H and O–H groups in total. The highest BCUT2D eigenvalue weighted by molar-refractivity contribution is 14.1. The molecule has 1 amide bonds. The minimum Gasteiger partial charge on any atom is -0.484 e. The molecule has 0 spiro atoms. The summed E-state index contributed by atoms with van der Waals surface area (Å²) in [6.45, 7) is -0.204. The lowest BCUT2D eigenvalue weighted by Gasteiger charge is -2.12. The van der Waals surface area contributed by atoms with Gasteiger partial charge in [0, 0.05) is 3.57 Å². The van der Waals surface area contributed by atoms with Gasteiger partial charge in [-0.1, -0.05) is 18.2 Å². The quantitative estimate of drug-likeness (QED) is 0.474. The zero-order chi connectivity index (χ0) is 17.5. The lowest BCUT2D eigenvalue weighted by atomic mass is 10.2. The van der Waals surface area contributed by atoms with Crippen LogP contribution in [0.15, 0.2) is 48.5 Å². The van der Waals surface area contributed by atoms with E-state index in [9.17, 15) is 14.7 Å². The summed E-state index contributed by atoms with van der Waals surface area (Å²) in [6, 6.07) is 13.7. The van der Waals surface area contributed by atoms with Crippen LogP contribution in [-0.4, -0.2) is 28.7 Å². The van der Waals surface area contributed by atoms with Crippen molar-refractivity contribution in [3.05, 3.63) is 57.7 Å². The number of anilines is 1. The number of nitrogens with one attached hydrogen (secondary N) is 2. The van der Waals surface area contributed by atoms with Gasteiger partial charge in [-0.2, -0.15) is 0 Å². The van der Waals surface area contributed by atoms with Crippen LogP contribution in [0, 0.1) is 3.57 Å². The first-order chi connectivity index (χ1) is 11.5. The highest BCUT2D eigenvalue weighted by Gasteiger charge is 2.13. The van der Waals surface area contributed by atoms with Crippen molar-refractivity contribution >= 4 is 57.5 Å². The van der Waals surface area contributed by atoms with E-state index in [4.69, 9.17) is 17.0 Å². The summed E-state index contributed by atoms with van der Waals surface area (Å²) < 4.78 is 6.08. The molecule has 0 unspecified atom stereocenters. The predicted octanol–water partition coefficient (Wildman–Crippen LogP) is 2.88. The van der Waals surface area contributed by atoms with Crippen molar-refractivity contribution in [1.29, 1.82) is 0 Å². The van der Waals surface area contributed by atoms with Crippen molar-refractivity contribution in [3.63, 3.8) is 0 Å². The topological polar surface area (TPSA) is 87.7 Å². The van der Waals surface area contributed by atoms with Crippen molar-refractivity contribution in [3.8, 4) is 5.75 Å². The molecular weight excluding hydrogens is 443 g/mol. The highest BCUT2D eigenvalue weighted by Crippen LogP contribution is 2.19. The molecule has 0 saturated carbocycles. The largest absolute Gasteiger partial charge is 0.484 e. The first-order valence-corrected chi connectivity index (χ1v) is 8.26. The fourth-order valence-electron chi connectivity index (χ4n) is 1.78. The first-order valence-electron chi connectivity index (χ1n) is 6.77. The number of amides is 1. The summed E-state index contributed by atoms with van der Waals surface area (Å²) in [5, 5.41) is 14.4. The van der Waals surface area contributed by atoms with Gasteiger partial charge in [0.15, 0.2) is 11.7 Å². The third-order valence-electron chi connectivity index (χ3n) is 2.83. The predicted molar refractivity (Wildman–Crippen MR) is 102 cm³/mol. The molecular formula is C16H13IN2O4S. The molecule has 0 aliphatic rings. The molecule has 0 aliphatic heterocycles. The Morgan fingerprint density at radius 1 is 1.17 bits per heavy atom. The number of benzene rings is 2. The molecule has 24 heavy (non-hydrogen) atoms. The van der Waals surface area contributed by atoms with E-state index in [1.54, 1.807) is 36.4 Å². The minimum atomic E-state index is -1.09. The fraction of sp³-hybridized carbons (Fsp3) is 0.0625. The van der Waals surface area contributed by atoms with E-state index in [1.807, 2.05) is 28.7 Å². The molecule has 0 fully saturated rings. The fourth-order valence-corrected chi connectivity index (χ4v) is 2.50. The normalized spacial score (nSPS) is 9.88. The van der Waals surface area contributed by atoms with Crippen molar-refractivity contribution in [1.82, 2.24) is 5.32 Å². The molecule has 2 rings (SSSR count). The second-order valence-electron chi connectivity index (χ2n) is 4.60. The van der Waals surface area contributed by atoms with Crippen LogP contribution in [0.5, 0.6) is 5.75 Å². The summed E-state index contributed by atoms with van der Waals surface area (Å²) >= 11 is 7.04. The third-order valence-corrected chi connectivity index (χ3v) is 3.70. The Bertz CT molecular complexity index is 768. The smallest absolute Gasteiger partial charge is 0.337 e. The lowest BCUT2D eigenvalue weighted by molar-refractivity contribution is -0.121. The SMILES string of the molecule is O=C(COc1ccccc1)NC(=S)Nc1ccc(I)cc1C(=O)O. The van der Waals surface area contributed by atoms with E-state index in [0.717, 1.165) is 3.57 Å². The standard InChI is InChI=1S/C16H13IN2O4S/c17-10-6-7-13(12(8-10)15(21)22)18-16(24)19-14(20)9-23-11-4-2-1-3-5-11/h1-8H,9H2,(H,21,22)(H2,18,19,20,24). The van der Waals surface area contributed by atoms with Gasteiger partial charge in [-0.3, -0.25) is 10.1 Å². The maximum atomic E-state index is 11.8. The van der Waals surface area contributed by atoms with Crippen molar-refractivity contribution in [2.75, 3.05) is 11.9 Å². The van der Waals surface area contributed by atoms with Crippen LogP contribution < -0.4 is 15.4 Å². The van der Waals surface area contributed by atoms with Crippen LogP contribution >= 0.6 is 34.8 Å². The molecule has 0 atom stereocenters. The average Bonchev–Trinajstić information content (AvgIpc) is 2.55. The number of hydrogen-bond donors (Lipinski definition) is 3. The number of halogens is 1. The number of para-hydroxylation sites is 1. The van der Waals surface area contributed by atoms with E-state index < -0.39 is 11.9 Å². The number of carbonyl (C=O) groups excluding carboxylic acids is 1. The highest BCUT2D eigenvalue weighted by atomic mass is 127. The van der Waals surface area contributed by atoms with Gasteiger partial charge in [0.25, 0.3) is 5.91 Å². The van der Waals surface area contributed by atoms with Crippen LogP contribution in [0.4, 0.5) is 5.69 Å². The number of rotatable bonds is 5. The molecule has 2 aromatic carbocycles. The maximum absolute atomic E-state index is 11.8. The van der Waals surface area contributed by atoms with E-state index in [-0.39, 0.29) is 17.3 Å². The second kappa shape index (κ2) is 8.60. The van der Waals surface area contributed by atoms with Gasteiger partial charge >= 0.3 is 5.97 Å². The summed E-state index contributed by atoms with van der Waals surface area (Å²) in [5.41, 5.74) is 0.372. The van der Waals surface area contributed by atoms with Gasteiger partial charge in [0.1, 0.15) is 5.75 Å². The Labute approximate surface area is 157 Å². The van der Waals surface area contributed by atoms with Gasteiger partial charge < -0.3 is 15.2 Å². The van der Waals surface area contributed by atoms with E-state index in [0.29, 0.717) is 11.4 Å². The summed E-state index contributed by atoms with van der Waals surface area (Å²) in [7, 11) is 0. The lowest BCUT2D eigenvalue weighted by Crippen LogP contribution is -2.37. The van der Waals surface area contributed by atoms with Gasteiger partial charge in [0.05, 0.1) is 11.3 Å². The van der Waals surface area contributed by atoms with Crippen molar-refractivity contribution in [2.24, 2.45) is 0 Å². The average molecular weight is 456 g/mol. The molecule has 6 nitrogen and oxygen atoms in total. The van der Waals surface area contributed by atoms with Crippen LogP contribution in [0.1, 0.15) is 10.4 Å². The summed E-state index contributed by atoms with van der Waals surface area (Å²) in [4.78, 5) is 23.1. The number of carboxylic acids is 1. The van der Waals surface area contributed by atoms with Crippen LogP contribution in [0.3, 0.4) is 0 Å². The minimum absolute atomic E-state index is 0.000342. The zero-order valence-electron chi connectivity index (χ0n) is 12.3. The maximum Gasteiger partial charge on any atom is 0.337 e.